The van der Waals surface area contributed by atoms with Crippen LogP contribution in [0.3, 0.4) is 0 Å². The van der Waals surface area contributed by atoms with E-state index in [0.717, 1.165) is 18.4 Å². The number of rotatable bonds is 9. The molecule has 1 aliphatic carbocycles. The van der Waals surface area contributed by atoms with Crippen molar-refractivity contribution in [1.29, 1.82) is 0 Å². The first-order chi connectivity index (χ1) is 13.6. The summed E-state index contributed by atoms with van der Waals surface area (Å²) in [5.41, 5.74) is 0.351. The van der Waals surface area contributed by atoms with Crippen LogP contribution in [0.5, 0.6) is 0 Å². The maximum Gasteiger partial charge on any atom is 0.247 e. The molecule has 0 atom stereocenters. The van der Waals surface area contributed by atoms with E-state index in [9.17, 15) is 4.79 Å². The van der Waals surface area contributed by atoms with Crippen molar-refractivity contribution in [2.75, 3.05) is 0 Å². The van der Waals surface area contributed by atoms with Crippen LogP contribution in [0.4, 0.5) is 0 Å². The number of nitrogens with zero attached hydrogens (tertiary/aromatic N) is 5. The van der Waals surface area contributed by atoms with E-state index in [1.165, 1.54) is 0 Å². The van der Waals surface area contributed by atoms with E-state index >= 15 is 0 Å². The molecule has 28 heavy (non-hydrogen) atoms. The van der Waals surface area contributed by atoms with Gasteiger partial charge in [-0.25, -0.2) is 0 Å². The van der Waals surface area contributed by atoms with Gasteiger partial charge in [0, 0.05) is 42.3 Å². The summed E-state index contributed by atoms with van der Waals surface area (Å²) in [5, 5.41) is 17.0. The van der Waals surface area contributed by atoms with Crippen LogP contribution in [0.15, 0.2) is 38.9 Å². The fraction of sp³-hybridized carbons (Fsp3) is 0.450. The molecule has 0 spiro atoms. The monoisotopic (exact) mass is 397 g/mol. The lowest BCUT2D eigenvalue weighted by Crippen LogP contribution is -2.33. The molecule has 0 unspecified atom stereocenters. The van der Waals surface area contributed by atoms with Crippen molar-refractivity contribution in [2.45, 2.75) is 56.8 Å². The Morgan fingerprint density at radius 2 is 2.00 bits per heavy atom. The van der Waals surface area contributed by atoms with E-state index < -0.39 is 5.66 Å². The number of carbonyl (C=O) groups excluding carboxylic acids is 1. The van der Waals surface area contributed by atoms with Crippen molar-refractivity contribution in [3.05, 3.63) is 35.2 Å². The topological polar surface area (TPSA) is 84.0 Å². The molecule has 1 amide bonds. The summed E-state index contributed by atoms with van der Waals surface area (Å²) in [5.74, 6) is 3.50. The maximum atomic E-state index is 12.8. The molecule has 1 fully saturated rings. The minimum absolute atomic E-state index is 0.0612. The highest BCUT2D eigenvalue weighted by Crippen LogP contribution is 2.38. The lowest BCUT2D eigenvalue weighted by atomic mass is 10.0. The quantitative estimate of drug-likeness (QED) is 0.592. The Hall–Kier alpha value is -2.72. The zero-order valence-corrected chi connectivity index (χ0v) is 16.1. The molecule has 0 N–H and O–H groups in total. The standard InChI is InChI=1S/C20H20ClN5O2/c1-2-3-11-20(24-25-20)12-10-18(27)26(16-8-9-16)13-17-22-23-19(28-17)14-4-6-15(21)7-5-14/h1,4-7,16H,3,8-13H2. The van der Waals surface area contributed by atoms with Crippen LogP contribution in [-0.2, 0) is 11.3 Å². The van der Waals surface area contributed by atoms with Gasteiger partial charge in [-0.1, -0.05) is 11.6 Å². The van der Waals surface area contributed by atoms with Gasteiger partial charge < -0.3 is 9.32 Å². The lowest BCUT2D eigenvalue weighted by molar-refractivity contribution is -0.133. The number of hydrogen-bond acceptors (Lipinski definition) is 6. The van der Waals surface area contributed by atoms with Crippen molar-refractivity contribution in [2.24, 2.45) is 10.2 Å². The molecule has 2 aromatic rings. The van der Waals surface area contributed by atoms with Crippen LogP contribution in [0.1, 0.15) is 44.4 Å². The second-order valence-corrected chi connectivity index (χ2v) is 7.58. The van der Waals surface area contributed by atoms with Crippen LogP contribution in [-0.4, -0.2) is 32.7 Å². The van der Waals surface area contributed by atoms with Crippen molar-refractivity contribution in [3.63, 3.8) is 0 Å². The van der Waals surface area contributed by atoms with Crippen molar-refractivity contribution < 1.29 is 9.21 Å². The van der Waals surface area contributed by atoms with Crippen molar-refractivity contribution >= 4 is 17.5 Å². The van der Waals surface area contributed by atoms with E-state index in [0.29, 0.717) is 49.0 Å². The Labute approximate surface area is 168 Å². The smallest absolute Gasteiger partial charge is 0.247 e. The van der Waals surface area contributed by atoms with Gasteiger partial charge in [0.25, 0.3) is 0 Å². The van der Waals surface area contributed by atoms with E-state index in [2.05, 4.69) is 26.3 Å². The van der Waals surface area contributed by atoms with Gasteiger partial charge in [0.05, 0.1) is 6.54 Å². The first-order valence-corrected chi connectivity index (χ1v) is 9.72. The minimum atomic E-state index is -0.441. The Bertz CT molecular complexity index is 921. The molecule has 1 aromatic carbocycles. The predicted molar refractivity (Wildman–Crippen MR) is 103 cm³/mol. The number of aromatic nitrogens is 2. The molecule has 7 nitrogen and oxygen atoms in total. The SMILES string of the molecule is C#CCCC1(CCC(=O)N(Cc2nnc(-c3ccc(Cl)cc3)o2)C2CC2)N=N1. The number of terminal acetylenes is 1. The maximum absolute atomic E-state index is 12.8. The first-order valence-electron chi connectivity index (χ1n) is 9.34. The molecule has 0 radical (unpaired) electrons. The Balaban J connectivity index is 1.37. The fourth-order valence-corrected chi connectivity index (χ4v) is 3.22. The first kappa shape index (κ1) is 18.6. The van der Waals surface area contributed by atoms with Gasteiger partial charge in [0.2, 0.25) is 17.7 Å². The lowest BCUT2D eigenvalue weighted by Gasteiger charge is -2.21. The number of benzene rings is 1. The molecule has 2 aliphatic rings. The normalized spacial score (nSPS) is 16.6. The summed E-state index contributed by atoms with van der Waals surface area (Å²) in [6, 6.07) is 7.42. The molecule has 1 aromatic heterocycles. The van der Waals surface area contributed by atoms with Gasteiger partial charge in [-0.05, 0) is 37.1 Å². The zero-order chi connectivity index (χ0) is 19.6. The van der Waals surface area contributed by atoms with Crippen molar-refractivity contribution in [3.8, 4) is 23.8 Å². The molecular weight excluding hydrogens is 378 g/mol. The molecule has 4 rings (SSSR count). The number of halogens is 1. The van der Waals surface area contributed by atoms with Gasteiger partial charge in [0.1, 0.15) is 0 Å². The zero-order valence-electron chi connectivity index (χ0n) is 15.3. The largest absolute Gasteiger partial charge is 0.419 e. The van der Waals surface area contributed by atoms with E-state index in [-0.39, 0.29) is 11.9 Å². The average molecular weight is 398 g/mol. The van der Waals surface area contributed by atoms with Crippen LogP contribution >= 0.6 is 11.6 Å². The summed E-state index contributed by atoms with van der Waals surface area (Å²) in [6.07, 6.45) is 9.61. The highest BCUT2D eigenvalue weighted by Gasteiger charge is 2.41. The van der Waals surface area contributed by atoms with E-state index in [1.807, 2.05) is 17.0 Å². The third kappa shape index (κ3) is 4.39. The third-order valence-corrected chi connectivity index (χ3v) is 5.22. The second-order valence-electron chi connectivity index (χ2n) is 7.15. The summed E-state index contributed by atoms with van der Waals surface area (Å²) < 4.78 is 5.76. The molecule has 0 bridgehead atoms. The number of carbonyl (C=O) groups is 1. The molecule has 0 saturated heterocycles. The fourth-order valence-electron chi connectivity index (χ4n) is 3.10. The van der Waals surface area contributed by atoms with Crippen LogP contribution in [0.25, 0.3) is 11.5 Å². The highest BCUT2D eigenvalue weighted by molar-refractivity contribution is 6.30. The summed E-state index contributed by atoms with van der Waals surface area (Å²) in [6.45, 7) is 0.315. The Morgan fingerprint density at radius 1 is 1.25 bits per heavy atom. The van der Waals surface area contributed by atoms with Crippen LogP contribution in [0, 0.1) is 12.3 Å². The molecule has 1 aliphatic heterocycles. The van der Waals surface area contributed by atoms with Gasteiger partial charge in [-0.3, -0.25) is 4.79 Å². The number of hydrogen-bond donors (Lipinski definition) is 0. The molecular formula is C20H20ClN5O2. The molecule has 1 saturated carbocycles. The molecule has 8 heteroatoms. The van der Waals surface area contributed by atoms with Gasteiger partial charge in [-0.15, -0.1) is 22.5 Å². The van der Waals surface area contributed by atoms with Crippen LogP contribution in [0.2, 0.25) is 5.02 Å². The predicted octanol–water partition coefficient (Wildman–Crippen LogP) is 4.24. The summed E-state index contributed by atoms with van der Waals surface area (Å²) in [4.78, 5) is 14.6. The Kier molecular flexibility index (Phi) is 5.14. The number of amides is 1. The summed E-state index contributed by atoms with van der Waals surface area (Å²) in [7, 11) is 0. The van der Waals surface area contributed by atoms with Crippen LogP contribution < -0.4 is 0 Å². The average Bonchev–Trinajstić information content (AvgIpc) is 3.63. The highest BCUT2D eigenvalue weighted by atomic mass is 35.5. The van der Waals surface area contributed by atoms with E-state index in [1.54, 1.807) is 12.1 Å². The van der Waals surface area contributed by atoms with Gasteiger partial charge in [0.15, 0.2) is 5.66 Å². The minimum Gasteiger partial charge on any atom is -0.419 e. The van der Waals surface area contributed by atoms with Gasteiger partial charge in [-0.2, -0.15) is 10.2 Å². The van der Waals surface area contributed by atoms with Crippen molar-refractivity contribution in [1.82, 2.24) is 15.1 Å². The summed E-state index contributed by atoms with van der Waals surface area (Å²) >= 11 is 5.91. The molecule has 2 heterocycles. The second kappa shape index (κ2) is 7.72. The molecule has 144 valence electrons. The van der Waals surface area contributed by atoms with E-state index in [4.69, 9.17) is 22.4 Å². The Morgan fingerprint density at radius 3 is 2.64 bits per heavy atom. The van der Waals surface area contributed by atoms with Gasteiger partial charge >= 0.3 is 0 Å². The third-order valence-electron chi connectivity index (χ3n) is 4.96.